The van der Waals surface area contributed by atoms with Crippen molar-refractivity contribution < 1.29 is 33.8 Å². The summed E-state index contributed by atoms with van der Waals surface area (Å²) >= 11 is 0. The summed E-state index contributed by atoms with van der Waals surface area (Å²) in [4.78, 5) is 34.7. The highest BCUT2D eigenvalue weighted by molar-refractivity contribution is 5.92. The third-order valence-electron chi connectivity index (χ3n) is 3.83. The number of benzene rings is 1. The van der Waals surface area contributed by atoms with E-state index in [-0.39, 0.29) is 48.9 Å². The number of carboxylic acid groups (broad SMARTS) is 1. The number of carbonyl (C=O) groups excluding carboxylic acids is 1. The van der Waals surface area contributed by atoms with Crippen molar-refractivity contribution in [2.24, 2.45) is 0 Å². The Hall–Kier alpha value is -3.08. The minimum atomic E-state index is -1.05. The first kappa shape index (κ1) is 19.2. The molecule has 1 aromatic rings. The summed E-state index contributed by atoms with van der Waals surface area (Å²) in [6, 6.07) is 2.41. The lowest BCUT2D eigenvalue weighted by Gasteiger charge is -2.31. The van der Waals surface area contributed by atoms with E-state index in [4.69, 9.17) is 14.6 Å². The third kappa shape index (κ3) is 4.30. The molecule has 0 saturated carbocycles. The number of morpholine rings is 1. The molecule has 1 saturated heterocycles. The molecule has 0 spiro atoms. The van der Waals surface area contributed by atoms with E-state index in [1.807, 2.05) is 0 Å². The predicted molar refractivity (Wildman–Crippen MR) is 88.8 cm³/mol. The second-order valence-corrected chi connectivity index (χ2v) is 5.42. The van der Waals surface area contributed by atoms with Crippen molar-refractivity contribution in [2.45, 2.75) is 6.10 Å². The van der Waals surface area contributed by atoms with Crippen LogP contribution in [0, 0.1) is 10.1 Å². The van der Waals surface area contributed by atoms with Crippen LogP contribution in [0.1, 0.15) is 10.4 Å². The summed E-state index contributed by atoms with van der Waals surface area (Å²) in [6.07, 6.45) is -1.53. The van der Waals surface area contributed by atoms with Gasteiger partial charge in [-0.3, -0.25) is 10.1 Å². The molecule has 11 nitrogen and oxygen atoms in total. The molecule has 0 radical (unpaired) electrons. The lowest BCUT2D eigenvalue weighted by molar-refractivity contribution is -0.384. The van der Waals surface area contributed by atoms with E-state index in [1.54, 1.807) is 0 Å². The van der Waals surface area contributed by atoms with E-state index in [0.29, 0.717) is 0 Å². The van der Waals surface area contributed by atoms with Gasteiger partial charge in [-0.15, -0.1) is 0 Å². The minimum absolute atomic E-state index is 0.0208. The molecule has 142 valence electrons. The number of anilines is 1. The van der Waals surface area contributed by atoms with Crippen LogP contribution in [0.3, 0.4) is 0 Å². The maximum Gasteiger partial charge on any atom is 0.407 e. The number of hydrogen-bond acceptors (Lipinski definition) is 8. The van der Waals surface area contributed by atoms with Crippen LogP contribution in [0.2, 0.25) is 0 Å². The number of amides is 1. The van der Waals surface area contributed by atoms with E-state index in [2.05, 4.69) is 10.1 Å². The number of nitro groups is 1. The molecule has 2 N–H and O–H groups in total. The molecule has 0 bridgehead atoms. The second-order valence-electron chi connectivity index (χ2n) is 5.42. The van der Waals surface area contributed by atoms with Crippen molar-refractivity contribution in [3.05, 3.63) is 27.8 Å². The largest absolute Gasteiger partial charge is 0.494 e. The van der Waals surface area contributed by atoms with Crippen molar-refractivity contribution in [1.29, 1.82) is 0 Å². The summed E-state index contributed by atoms with van der Waals surface area (Å²) in [6.45, 7) is 0.763. The number of rotatable bonds is 6. The molecule has 0 unspecified atom stereocenters. The van der Waals surface area contributed by atoms with Gasteiger partial charge in [0.2, 0.25) is 0 Å². The van der Waals surface area contributed by atoms with Gasteiger partial charge >= 0.3 is 12.1 Å². The Morgan fingerprint density at radius 3 is 2.77 bits per heavy atom. The maximum atomic E-state index is 11.7. The number of methoxy groups -OCH3 is 2. The molecular formula is C15H19N3O8. The van der Waals surface area contributed by atoms with Crippen LogP contribution in [-0.2, 0) is 9.47 Å². The van der Waals surface area contributed by atoms with Crippen molar-refractivity contribution >= 4 is 23.4 Å². The Morgan fingerprint density at radius 1 is 1.46 bits per heavy atom. The molecule has 1 amide bonds. The van der Waals surface area contributed by atoms with Crippen LogP contribution in [0.15, 0.2) is 12.1 Å². The number of nitro benzene ring substituents is 1. The Balaban J connectivity index is 2.23. The summed E-state index contributed by atoms with van der Waals surface area (Å²) in [5, 5.41) is 23.3. The first-order chi connectivity index (χ1) is 12.4. The van der Waals surface area contributed by atoms with E-state index in [9.17, 15) is 19.7 Å². The molecule has 1 atom stereocenters. The van der Waals surface area contributed by atoms with Gasteiger partial charge in [-0.1, -0.05) is 0 Å². The van der Waals surface area contributed by atoms with Crippen LogP contribution in [0.25, 0.3) is 0 Å². The fraction of sp³-hybridized carbons (Fsp3) is 0.467. The van der Waals surface area contributed by atoms with Gasteiger partial charge in [-0.25, -0.2) is 9.59 Å². The summed E-state index contributed by atoms with van der Waals surface area (Å²) in [5.41, 5.74) is -0.315. The lowest BCUT2D eigenvalue weighted by atomic mass is 10.1. The molecule has 1 aromatic carbocycles. The van der Waals surface area contributed by atoms with Crippen LogP contribution in [0.4, 0.5) is 16.2 Å². The molecule has 1 aliphatic heterocycles. The molecule has 1 aliphatic rings. The molecule has 11 heteroatoms. The number of hydrogen-bond donors (Lipinski definition) is 2. The van der Waals surface area contributed by atoms with Crippen molar-refractivity contribution in [2.75, 3.05) is 45.8 Å². The third-order valence-corrected chi connectivity index (χ3v) is 3.83. The quantitative estimate of drug-likeness (QED) is 0.429. The Kier molecular flexibility index (Phi) is 6.17. The van der Waals surface area contributed by atoms with E-state index >= 15 is 0 Å². The number of nitrogens with zero attached hydrogens (tertiary/aromatic N) is 2. The number of carbonyl (C=O) groups is 2. The highest BCUT2D eigenvalue weighted by Gasteiger charge is 2.27. The zero-order valence-electron chi connectivity index (χ0n) is 14.3. The molecule has 1 fully saturated rings. The highest BCUT2D eigenvalue weighted by Crippen LogP contribution is 2.36. The molecule has 26 heavy (non-hydrogen) atoms. The van der Waals surface area contributed by atoms with Crippen molar-refractivity contribution in [3.63, 3.8) is 0 Å². The maximum absolute atomic E-state index is 11.7. The van der Waals surface area contributed by atoms with Crippen LogP contribution in [0.5, 0.6) is 5.75 Å². The summed E-state index contributed by atoms with van der Waals surface area (Å²) in [5.74, 6) is -0.642. The van der Waals surface area contributed by atoms with Crippen LogP contribution >= 0.6 is 0 Å². The zero-order chi connectivity index (χ0) is 19.3. The molecule has 2 rings (SSSR count). The van der Waals surface area contributed by atoms with Gasteiger partial charge in [0.15, 0.2) is 5.69 Å². The second kappa shape index (κ2) is 8.34. The highest BCUT2D eigenvalue weighted by atomic mass is 16.6. The average molecular weight is 369 g/mol. The monoisotopic (exact) mass is 369 g/mol. The first-order valence-corrected chi connectivity index (χ1v) is 7.65. The average Bonchev–Trinajstić information content (AvgIpc) is 2.64. The topological polar surface area (TPSA) is 140 Å². The van der Waals surface area contributed by atoms with E-state index < -0.39 is 23.1 Å². The Labute approximate surface area is 148 Å². The van der Waals surface area contributed by atoms with Crippen molar-refractivity contribution in [3.8, 4) is 5.75 Å². The Bertz CT molecular complexity index is 708. The number of ether oxygens (including phenoxy) is 3. The van der Waals surface area contributed by atoms with Crippen LogP contribution < -0.4 is 10.1 Å². The number of esters is 1. The van der Waals surface area contributed by atoms with Gasteiger partial charge < -0.3 is 29.5 Å². The molecule has 0 aromatic heterocycles. The standard InChI is InChI=1S/C15H19N3O8/c1-24-12-6-9(14(19)25-2)5-11(18(22)23)13(12)16-7-10-8-17(15(20)21)3-4-26-10/h5-6,10,16H,3-4,7-8H2,1-2H3,(H,20,21)/t10-/m1/s1. The smallest absolute Gasteiger partial charge is 0.407 e. The summed E-state index contributed by atoms with van der Waals surface area (Å²) in [7, 11) is 2.48. The van der Waals surface area contributed by atoms with Gasteiger partial charge in [0.05, 0.1) is 44.0 Å². The molecular weight excluding hydrogens is 350 g/mol. The summed E-state index contributed by atoms with van der Waals surface area (Å²) < 4.78 is 15.2. The zero-order valence-corrected chi connectivity index (χ0v) is 14.3. The first-order valence-electron chi connectivity index (χ1n) is 7.65. The fourth-order valence-corrected chi connectivity index (χ4v) is 2.55. The number of nitrogens with one attached hydrogen (secondary N) is 1. The van der Waals surface area contributed by atoms with E-state index in [0.717, 1.165) is 6.07 Å². The fourth-order valence-electron chi connectivity index (χ4n) is 2.55. The van der Waals surface area contributed by atoms with Gasteiger partial charge in [0.25, 0.3) is 5.69 Å². The van der Waals surface area contributed by atoms with Gasteiger partial charge in [0, 0.05) is 19.2 Å². The van der Waals surface area contributed by atoms with Gasteiger partial charge in [-0.05, 0) is 6.07 Å². The lowest BCUT2D eigenvalue weighted by Crippen LogP contribution is -2.47. The minimum Gasteiger partial charge on any atom is -0.494 e. The van der Waals surface area contributed by atoms with Gasteiger partial charge in [-0.2, -0.15) is 0 Å². The van der Waals surface area contributed by atoms with E-state index in [1.165, 1.54) is 25.2 Å². The van der Waals surface area contributed by atoms with Crippen LogP contribution in [-0.4, -0.2) is 73.6 Å². The molecule has 0 aliphatic carbocycles. The normalized spacial score (nSPS) is 16.7. The SMILES string of the molecule is COC(=O)c1cc(OC)c(NC[C@@H]2CN(C(=O)O)CCO2)c([N+](=O)[O-])c1. The molecule has 1 heterocycles. The predicted octanol–water partition coefficient (Wildman–Crippen LogP) is 1.18. The Morgan fingerprint density at radius 2 is 2.19 bits per heavy atom. The van der Waals surface area contributed by atoms with Crippen molar-refractivity contribution in [1.82, 2.24) is 4.90 Å². The van der Waals surface area contributed by atoms with Gasteiger partial charge in [0.1, 0.15) is 5.75 Å².